The molecule has 0 aromatic carbocycles. The highest BCUT2D eigenvalue weighted by Gasteiger charge is 2.26. The van der Waals surface area contributed by atoms with Crippen molar-refractivity contribution < 1.29 is 0 Å². The summed E-state index contributed by atoms with van der Waals surface area (Å²) in [6.07, 6.45) is 9.45. The van der Waals surface area contributed by atoms with Gasteiger partial charge in [-0.05, 0) is 39.3 Å². The van der Waals surface area contributed by atoms with E-state index in [2.05, 4.69) is 49.8 Å². The van der Waals surface area contributed by atoms with Crippen molar-refractivity contribution in [2.45, 2.75) is 51.7 Å². The molecule has 1 saturated heterocycles. The Bertz CT molecular complexity index is 636. The van der Waals surface area contributed by atoms with E-state index in [-0.39, 0.29) is 0 Å². The summed E-state index contributed by atoms with van der Waals surface area (Å²) in [5.41, 5.74) is 1.10. The minimum atomic E-state index is 0.344. The molecular formula is C17H26N6. The molecule has 0 radical (unpaired) electrons. The molecule has 124 valence electrons. The van der Waals surface area contributed by atoms with Crippen LogP contribution >= 0.6 is 0 Å². The molecule has 0 aliphatic carbocycles. The third kappa shape index (κ3) is 3.52. The molecule has 0 spiro atoms. The number of anilines is 1. The lowest BCUT2D eigenvalue weighted by atomic mass is 9.99. The highest BCUT2D eigenvalue weighted by atomic mass is 15.2. The van der Waals surface area contributed by atoms with Crippen molar-refractivity contribution in [3.05, 3.63) is 36.2 Å². The summed E-state index contributed by atoms with van der Waals surface area (Å²) in [5.74, 6) is 1.83. The van der Waals surface area contributed by atoms with Crippen molar-refractivity contribution in [1.82, 2.24) is 24.4 Å². The van der Waals surface area contributed by atoms with E-state index in [4.69, 9.17) is 0 Å². The first kappa shape index (κ1) is 15.9. The van der Waals surface area contributed by atoms with Crippen LogP contribution in [0.5, 0.6) is 0 Å². The van der Waals surface area contributed by atoms with E-state index in [1.54, 1.807) is 0 Å². The van der Waals surface area contributed by atoms with Crippen molar-refractivity contribution in [2.24, 2.45) is 0 Å². The van der Waals surface area contributed by atoms with Gasteiger partial charge in [-0.25, -0.2) is 15.0 Å². The summed E-state index contributed by atoms with van der Waals surface area (Å²) in [6.45, 7) is 6.36. The van der Waals surface area contributed by atoms with Crippen LogP contribution in [0.1, 0.15) is 56.7 Å². The Hall–Kier alpha value is -1.95. The number of nitrogens with zero attached hydrogens (tertiary/aromatic N) is 5. The van der Waals surface area contributed by atoms with Gasteiger partial charge in [0.05, 0.1) is 18.3 Å². The highest BCUT2D eigenvalue weighted by Crippen LogP contribution is 2.31. The number of imidazole rings is 1. The fourth-order valence-corrected chi connectivity index (χ4v) is 3.31. The van der Waals surface area contributed by atoms with Crippen molar-refractivity contribution in [3.63, 3.8) is 0 Å². The van der Waals surface area contributed by atoms with E-state index in [9.17, 15) is 0 Å². The predicted molar refractivity (Wildman–Crippen MR) is 91.2 cm³/mol. The van der Waals surface area contributed by atoms with Crippen molar-refractivity contribution in [1.29, 1.82) is 0 Å². The lowest BCUT2D eigenvalue weighted by Crippen LogP contribution is -2.34. The number of likely N-dealkylation sites (tertiary alicyclic amines) is 1. The van der Waals surface area contributed by atoms with Crippen molar-refractivity contribution in [2.75, 3.05) is 18.9 Å². The van der Waals surface area contributed by atoms with Crippen LogP contribution in [0, 0.1) is 0 Å². The van der Waals surface area contributed by atoms with E-state index >= 15 is 0 Å². The van der Waals surface area contributed by atoms with Gasteiger partial charge in [0.1, 0.15) is 5.82 Å². The van der Waals surface area contributed by atoms with Gasteiger partial charge < -0.3 is 9.88 Å². The topological polar surface area (TPSA) is 58.9 Å². The van der Waals surface area contributed by atoms with Gasteiger partial charge >= 0.3 is 0 Å². The third-order valence-corrected chi connectivity index (χ3v) is 4.51. The monoisotopic (exact) mass is 314 g/mol. The van der Waals surface area contributed by atoms with Gasteiger partial charge in [-0.3, -0.25) is 4.90 Å². The van der Waals surface area contributed by atoms with Crippen LogP contribution in [0.25, 0.3) is 0 Å². The first-order chi connectivity index (χ1) is 11.2. The van der Waals surface area contributed by atoms with Crippen LogP contribution < -0.4 is 5.32 Å². The van der Waals surface area contributed by atoms with E-state index in [1.807, 2.05) is 25.5 Å². The zero-order valence-electron chi connectivity index (χ0n) is 14.2. The molecule has 0 unspecified atom stereocenters. The Morgan fingerprint density at radius 3 is 2.91 bits per heavy atom. The van der Waals surface area contributed by atoms with E-state index < -0.39 is 0 Å². The molecule has 2 aromatic rings. The molecule has 0 amide bonds. The molecule has 1 aliphatic heterocycles. The Morgan fingerprint density at radius 2 is 2.13 bits per heavy atom. The molecule has 1 fully saturated rings. The second-order valence-corrected chi connectivity index (χ2v) is 6.38. The smallest absolute Gasteiger partial charge is 0.222 e. The quantitative estimate of drug-likeness (QED) is 0.919. The molecule has 6 heteroatoms. The normalized spacial score (nSPS) is 19.2. The number of nitrogens with one attached hydrogen (secondary N) is 1. The SMILES string of the molecule is CNc1nccc([C@H]2CCCCN2Cc2nccn2C(C)C)n1. The lowest BCUT2D eigenvalue weighted by Gasteiger charge is -2.35. The molecule has 0 saturated carbocycles. The first-order valence-corrected chi connectivity index (χ1v) is 8.45. The maximum Gasteiger partial charge on any atom is 0.222 e. The summed E-state index contributed by atoms with van der Waals surface area (Å²) in [7, 11) is 1.86. The molecule has 1 aliphatic rings. The Kier molecular flexibility index (Phi) is 4.91. The van der Waals surface area contributed by atoms with Crippen LogP contribution in [-0.4, -0.2) is 38.0 Å². The first-order valence-electron chi connectivity index (χ1n) is 8.45. The number of hydrogen-bond donors (Lipinski definition) is 1. The van der Waals surface area contributed by atoms with Crippen LogP contribution in [0.3, 0.4) is 0 Å². The molecule has 2 aromatic heterocycles. The van der Waals surface area contributed by atoms with E-state index in [0.717, 1.165) is 31.0 Å². The van der Waals surface area contributed by atoms with Crippen LogP contribution in [0.2, 0.25) is 0 Å². The summed E-state index contributed by atoms with van der Waals surface area (Å²) in [4.78, 5) is 16.0. The lowest BCUT2D eigenvalue weighted by molar-refractivity contribution is 0.131. The average molecular weight is 314 g/mol. The van der Waals surface area contributed by atoms with Crippen LogP contribution in [-0.2, 0) is 6.54 Å². The van der Waals surface area contributed by atoms with Crippen LogP contribution in [0.4, 0.5) is 5.95 Å². The predicted octanol–water partition coefficient (Wildman–Crippen LogP) is 3.02. The number of aromatic nitrogens is 4. The minimum absolute atomic E-state index is 0.344. The molecule has 23 heavy (non-hydrogen) atoms. The van der Waals surface area contributed by atoms with Gasteiger partial charge in [0.15, 0.2) is 0 Å². The van der Waals surface area contributed by atoms with Crippen molar-refractivity contribution >= 4 is 5.95 Å². The summed E-state index contributed by atoms with van der Waals surface area (Å²) < 4.78 is 2.25. The van der Waals surface area contributed by atoms with Gasteiger partial charge in [-0.2, -0.15) is 0 Å². The number of piperidine rings is 1. The molecular weight excluding hydrogens is 288 g/mol. The summed E-state index contributed by atoms with van der Waals surface area (Å²) >= 11 is 0. The largest absolute Gasteiger partial charge is 0.357 e. The fraction of sp³-hybridized carbons (Fsp3) is 0.588. The second kappa shape index (κ2) is 7.08. The molecule has 0 bridgehead atoms. The standard InChI is InChI=1S/C17H26N6/c1-13(2)23-11-9-19-16(23)12-22-10-5-4-6-15(22)14-7-8-20-17(18-3)21-14/h7-9,11,13,15H,4-6,10,12H2,1-3H3,(H,18,20,21)/t15-/m1/s1. The second-order valence-electron chi connectivity index (χ2n) is 6.38. The van der Waals surface area contributed by atoms with E-state index in [1.165, 1.54) is 12.8 Å². The minimum Gasteiger partial charge on any atom is -0.357 e. The van der Waals surface area contributed by atoms with Gasteiger partial charge in [0, 0.05) is 31.7 Å². The Labute approximate surface area is 138 Å². The molecule has 3 rings (SSSR count). The molecule has 1 N–H and O–H groups in total. The van der Waals surface area contributed by atoms with Gasteiger partial charge in [0.25, 0.3) is 0 Å². The average Bonchev–Trinajstić information content (AvgIpc) is 3.04. The number of rotatable bonds is 5. The molecule has 3 heterocycles. The fourth-order valence-electron chi connectivity index (χ4n) is 3.31. The van der Waals surface area contributed by atoms with Gasteiger partial charge in [0.2, 0.25) is 5.95 Å². The third-order valence-electron chi connectivity index (χ3n) is 4.51. The maximum atomic E-state index is 4.66. The maximum absolute atomic E-state index is 4.66. The Morgan fingerprint density at radius 1 is 1.26 bits per heavy atom. The molecule has 1 atom stereocenters. The van der Waals surface area contributed by atoms with Crippen LogP contribution in [0.15, 0.2) is 24.7 Å². The molecule has 6 nitrogen and oxygen atoms in total. The zero-order valence-corrected chi connectivity index (χ0v) is 14.2. The van der Waals surface area contributed by atoms with Gasteiger partial charge in [-0.1, -0.05) is 6.42 Å². The summed E-state index contributed by atoms with van der Waals surface area (Å²) in [6, 6.07) is 2.82. The van der Waals surface area contributed by atoms with Crippen molar-refractivity contribution in [3.8, 4) is 0 Å². The number of hydrogen-bond acceptors (Lipinski definition) is 5. The zero-order chi connectivity index (χ0) is 16.2. The van der Waals surface area contributed by atoms with Gasteiger partial charge in [-0.15, -0.1) is 0 Å². The highest BCUT2D eigenvalue weighted by molar-refractivity contribution is 5.25. The Balaban J connectivity index is 1.82. The van der Waals surface area contributed by atoms with E-state index in [0.29, 0.717) is 18.0 Å². The summed E-state index contributed by atoms with van der Waals surface area (Å²) in [5, 5.41) is 3.03.